The lowest BCUT2D eigenvalue weighted by molar-refractivity contribution is -0.385. The number of nitro groups is 1. The van der Waals surface area contributed by atoms with Crippen molar-refractivity contribution in [1.82, 2.24) is 9.78 Å². The normalized spacial score (nSPS) is 10.3. The van der Waals surface area contributed by atoms with Crippen molar-refractivity contribution in [1.29, 1.82) is 0 Å². The maximum atomic E-state index is 10.7. The van der Waals surface area contributed by atoms with Gasteiger partial charge in [-0.25, -0.2) is 0 Å². The van der Waals surface area contributed by atoms with Crippen LogP contribution in [-0.4, -0.2) is 21.8 Å². The van der Waals surface area contributed by atoms with E-state index >= 15 is 0 Å². The van der Waals surface area contributed by atoms with Crippen LogP contribution in [0.15, 0.2) is 35.1 Å². The van der Waals surface area contributed by atoms with E-state index in [1.54, 1.807) is 7.11 Å². The van der Waals surface area contributed by atoms with E-state index in [0.29, 0.717) is 6.54 Å². The zero-order valence-electron chi connectivity index (χ0n) is 9.54. The second-order valence-electron chi connectivity index (χ2n) is 3.61. The minimum Gasteiger partial charge on any atom is -0.497 e. The standard InChI is InChI=1S/C11H10BrN3O3/c1-18-9-4-2-8(3-5-9)6-14-7-10(15(16)17)11(12)13-14/h2-5,7H,6H2,1H3. The van der Waals surface area contributed by atoms with E-state index in [4.69, 9.17) is 4.74 Å². The summed E-state index contributed by atoms with van der Waals surface area (Å²) < 4.78 is 6.81. The molecule has 1 aromatic heterocycles. The van der Waals surface area contributed by atoms with Crippen LogP contribution in [0, 0.1) is 10.1 Å². The van der Waals surface area contributed by atoms with E-state index in [-0.39, 0.29) is 10.3 Å². The molecule has 94 valence electrons. The van der Waals surface area contributed by atoms with Crippen LogP contribution in [0.2, 0.25) is 0 Å². The van der Waals surface area contributed by atoms with Gasteiger partial charge >= 0.3 is 5.69 Å². The molecular weight excluding hydrogens is 302 g/mol. The lowest BCUT2D eigenvalue weighted by Crippen LogP contribution is -2.00. The Labute approximate surface area is 111 Å². The highest BCUT2D eigenvalue weighted by atomic mass is 79.9. The molecule has 0 atom stereocenters. The smallest absolute Gasteiger partial charge is 0.321 e. The molecule has 0 spiro atoms. The van der Waals surface area contributed by atoms with Crippen molar-refractivity contribution in [2.75, 3.05) is 7.11 Å². The molecule has 6 nitrogen and oxygen atoms in total. The van der Waals surface area contributed by atoms with Crippen LogP contribution < -0.4 is 4.74 Å². The van der Waals surface area contributed by atoms with E-state index < -0.39 is 4.92 Å². The quantitative estimate of drug-likeness (QED) is 0.643. The van der Waals surface area contributed by atoms with Crippen molar-refractivity contribution in [3.63, 3.8) is 0 Å². The SMILES string of the molecule is COc1ccc(Cn2cc([N+](=O)[O-])c(Br)n2)cc1. The van der Waals surface area contributed by atoms with Gasteiger partial charge in [-0.05, 0) is 33.6 Å². The summed E-state index contributed by atoms with van der Waals surface area (Å²) in [6.07, 6.45) is 1.40. The molecule has 0 bridgehead atoms. The molecule has 0 saturated heterocycles. The maximum Gasteiger partial charge on any atom is 0.321 e. The fourth-order valence-corrected chi connectivity index (χ4v) is 1.96. The Morgan fingerprint density at radius 3 is 2.61 bits per heavy atom. The number of methoxy groups -OCH3 is 1. The number of benzene rings is 1. The summed E-state index contributed by atoms with van der Waals surface area (Å²) in [7, 11) is 1.60. The van der Waals surface area contributed by atoms with Crippen molar-refractivity contribution < 1.29 is 9.66 Å². The van der Waals surface area contributed by atoms with Gasteiger partial charge in [-0.1, -0.05) is 12.1 Å². The third-order valence-corrected chi connectivity index (χ3v) is 2.96. The molecule has 18 heavy (non-hydrogen) atoms. The van der Waals surface area contributed by atoms with Gasteiger partial charge in [-0.3, -0.25) is 14.8 Å². The van der Waals surface area contributed by atoms with Crippen molar-refractivity contribution in [3.05, 3.63) is 50.7 Å². The van der Waals surface area contributed by atoms with Crippen LogP contribution in [0.5, 0.6) is 5.75 Å². The van der Waals surface area contributed by atoms with Crippen LogP contribution in [0.1, 0.15) is 5.56 Å². The second kappa shape index (κ2) is 5.18. The minimum absolute atomic E-state index is 0.0384. The molecule has 2 rings (SSSR count). The third kappa shape index (κ3) is 2.67. The fraction of sp³-hybridized carbons (Fsp3) is 0.182. The average Bonchev–Trinajstić information content (AvgIpc) is 2.71. The molecule has 0 aliphatic heterocycles. The Bertz CT molecular complexity index is 565. The van der Waals surface area contributed by atoms with Crippen LogP contribution in [0.25, 0.3) is 0 Å². The van der Waals surface area contributed by atoms with Crippen molar-refractivity contribution in [2.45, 2.75) is 6.54 Å². The highest BCUT2D eigenvalue weighted by Crippen LogP contribution is 2.23. The summed E-state index contributed by atoms with van der Waals surface area (Å²) in [5, 5.41) is 14.7. The molecule has 0 amide bonds. The van der Waals surface area contributed by atoms with E-state index in [0.717, 1.165) is 11.3 Å². The fourth-order valence-electron chi connectivity index (χ4n) is 1.51. The maximum absolute atomic E-state index is 10.7. The molecule has 0 aliphatic rings. The Morgan fingerprint density at radius 2 is 2.11 bits per heavy atom. The van der Waals surface area contributed by atoms with Gasteiger partial charge in [0.15, 0.2) is 0 Å². The zero-order valence-corrected chi connectivity index (χ0v) is 11.1. The van der Waals surface area contributed by atoms with Gasteiger partial charge in [0.05, 0.1) is 18.6 Å². The molecule has 1 heterocycles. The number of ether oxygens (including phenoxy) is 1. The first-order valence-electron chi connectivity index (χ1n) is 5.10. The van der Waals surface area contributed by atoms with Gasteiger partial charge in [-0.15, -0.1) is 0 Å². The van der Waals surface area contributed by atoms with Gasteiger partial charge in [0.2, 0.25) is 4.60 Å². The molecule has 0 aliphatic carbocycles. The van der Waals surface area contributed by atoms with Crippen LogP contribution in [0.4, 0.5) is 5.69 Å². The number of halogens is 1. The first kappa shape index (κ1) is 12.6. The van der Waals surface area contributed by atoms with Crippen molar-refractivity contribution >= 4 is 21.6 Å². The molecule has 0 unspecified atom stereocenters. The lowest BCUT2D eigenvalue weighted by atomic mass is 10.2. The predicted octanol–water partition coefficient (Wildman–Crippen LogP) is 2.61. The summed E-state index contributed by atoms with van der Waals surface area (Å²) in [4.78, 5) is 10.2. The Balaban J connectivity index is 2.18. The van der Waals surface area contributed by atoms with Gasteiger partial charge in [0.25, 0.3) is 0 Å². The average molecular weight is 312 g/mol. The summed E-state index contributed by atoms with van der Waals surface area (Å²) in [5.41, 5.74) is 0.948. The molecule has 0 fully saturated rings. The number of nitrogens with zero attached hydrogens (tertiary/aromatic N) is 3. The highest BCUT2D eigenvalue weighted by Gasteiger charge is 2.16. The van der Waals surface area contributed by atoms with Gasteiger partial charge in [-0.2, -0.15) is 5.10 Å². The van der Waals surface area contributed by atoms with Crippen LogP contribution in [-0.2, 0) is 6.54 Å². The first-order chi connectivity index (χ1) is 8.60. The molecule has 1 aromatic carbocycles. The molecular formula is C11H10BrN3O3. The number of hydrogen-bond acceptors (Lipinski definition) is 4. The first-order valence-corrected chi connectivity index (χ1v) is 5.89. The third-order valence-electron chi connectivity index (χ3n) is 2.40. The van der Waals surface area contributed by atoms with E-state index in [9.17, 15) is 10.1 Å². The Morgan fingerprint density at radius 1 is 1.44 bits per heavy atom. The number of hydrogen-bond donors (Lipinski definition) is 0. The molecule has 2 aromatic rings. The summed E-state index contributed by atoms with van der Waals surface area (Å²) in [6, 6.07) is 7.45. The highest BCUT2D eigenvalue weighted by molar-refractivity contribution is 9.10. The molecule has 0 saturated carbocycles. The van der Waals surface area contributed by atoms with Crippen molar-refractivity contribution in [2.24, 2.45) is 0 Å². The molecule has 7 heteroatoms. The predicted molar refractivity (Wildman–Crippen MR) is 68.7 cm³/mol. The lowest BCUT2D eigenvalue weighted by Gasteiger charge is -2.03. The summed E-state index contributed by atoms with van der Waals surface area (Å²) in [5.74, 6) is 0.770. The van der Waals surface area contributed by atoms with Gasteiger partial charge in [0.1, 0.15) is 11.9 Å². The largest absolute Gasteiger partial charge is 0.497 e. The molecule has 0 radical (unpaired) electrons. The monoisotopic (exact) mass is 311 g/mol. The zero-order chi connectivity index (χ0) is 13.1. The van der Waals surface area contributed by atoms with Gasteiger partial charge < -0.3 is 4.74 Å². The second-order valence-corrected chi connectivity index (χ2v) is 4.36. The minimum atomic E-state index is -0.471. The molecule has 0 N–H and O–H groups in total. The summed E-state index contributed by atoms with van der Waals surface area (Å²) >= 11 is 3.06. The van der Waals surface area contributed by atoms with E-state index in [2.05, 4.69) is 21.0 Å². The van der Waals surface area contributed by atoms with Crippen LogP contribution >= 0.6 is 15.9 Å². The number of aromatic nitrogens is 2. The number of rotatable bonds is 4. The van der Waals surface area contributed by atoms with Gasteiger partial charge in [0, 0.05) is 0 Å². The topological polar surface area (TPSA) is 70.2 Å². The van der Waals surface area contributed by atoms with E-state index in [1.165, 1.54) is 10.9 Å². The van der Waals surface area contributed by atoms with Crippen molar-refractivity contribution in [3.8, 4) is 5.75 Å². The Hall–Kier alpha value is -1.89. The Kier molecular flexibility index (Phi) is 3.61. The summed E-state index contributed by atoms with van der Waals surface area (Å²) in [6.45, 7) is 0.469. The van der Waals surface area contributed by atoms with E-state index in [1.807, 2.05) is 24.3 Å². The van der Waals surface area contributed by atoms with Crippen LogP contribution in [0.3, 0.4) is 0 Å².